The summed E-state index contributed by atoms with van der Waals surface area (Å²) in [7, 11) is 0. The maximum absolute atomic E-state index is 13.4. The molecule has 0 aliphatic rings. The molecule has 0 fully saturated rings. The van der Waals surface area contributed by atoms with Crippen LogP contribution in [0.25, 0.3) is 6.08 Å². The van der Waals surface area contributed by atoms with Crippen LogP contribution in [0.3, 0.4) is 0 Å². The second-order valence-electron chi connectivity index (χ2n) is 4.27. The number of amides is 1. The second-order valence-corrected chi connectivity index (χ2v) is 4.67. The molecule has 21 heavy (non-hydrogen) atoms. The zero-order valence-corrected chi connectivity index (χ0v) is 11.7. The van der Waals surface area contributed by atoms with Crippen LogP contribution in [0.4, 0.5) is 4.39 Å². The number of aliphatic hydroxyl groups excluding tert-OH is 1. The summed E-state index contributed by atoms with van der Waals surface area (Å²) in [4.78, 5) is 11.8. The summed E-state index contributed by atoms with van der Waals surface area (Å²) in [5.41, 5.74) is 0.430. The van der Waals surface area contributed by atoms with Gasteiger partial charge in [-0.25, -0.2) is 4.39 Å². The van der Waals surface area contributed by atoms with Crippen LogP contribution in [0, 0.1) is 5.82 Å². The normalized spacial score (nSPS) is 12.5. The summed E-state index contributed by atoms with van der Waals surface area (Å²) in [6.45, 7) is -0.360. The molecule has 1 aromatic heterocycles. The van der Waals surface area contributed by atoms with E-state index in [4.69, 9.17) is 16.0 Å². The summed E-state index contributed by atoms with van der Waals surface area (Å²) >= 11 is 5.59. The predicted octanol–water partition coefficient (Wildman–Crippen LogP) is 2.94. The third kappa shape index (κ3) is 4.18. The molecule has 0 aliphatic heterocycles. The van der Waals surface area contributed by atoms with E-state index in [0.717, 1.165) is 0 Å². The molecule has 4 nitrogen and oxygen atoms in total. The first-order valence-corrected chi connectivity index (χ1v) is 6.56. The minimum atomic E-state index is -0.717. The zero-order valence-electron chi connectivity index (χ0n) is 10.9. The van der Waals surface area contributed by atoms with Crippen molar-refractivity contribution in [2.75, 3.05) is 6.61 Å². The highest BCUT2D eigenvalue weighted by atomic mass is 35.5. The Morgan fingerprint density at radius 3 is 2.90 bits per heavy atom. The maximum Gasteiger partial charge on any atom is 0.244 e. The molecule has 2 aromatic rings. The summed E-state index contributed by atoms with van der Waals surface area (Å²) < 4.78 is 18.4. The Balaban J connectivity index is 2.04. The highest BCUT2D eigenvalue weighted by Gasteiger charge is 2.14. The van der Waals surface area contributed by atoms with Crippen molar-refractivity contribution >= 4 is 23.6 Å². The zero-order chi connectivity index (χ0) is 15.2. The van der Waals surface area contributed by atoms with Gasteiger partial charge in [0, 0.05) is 6.08 Å². The van der Waals surface area contributed by atoms with Crippen molar-refractivity contribution in [3.63, 3.8) is 0 Å². The molecular formula is C15H13ClFNO3. The molecule has 0 radical (unpaired) electrons. The summed E-state index contributed by atoms with van der Waals surface area (Å²) in [5.74, 6) is -0.503. The molecule has 1 amide bonds. The Labute approximate surface area is 125 Å². The number of nitrogens with one attached hydrogen (secondary N) is 1. The van der Waals surface area contributed by atoms with Crippen molar-refractivity contribution in [3.8, 4) is 0 Å². The van der Waals surface area contributed by atoms with E-state index in [0.29, 0.717) is 11.3 Å². The Bertz CT molecular complexity index is 640. The first kappa shape index (κ1) is 15.3. The highest BCUT2D eigenvalue weighted by molar-refractivity contribution is 6.30. The third-order valence-electron chi connectivity index (χ3n) is 2.79. The number of hydrogen-bond donors (Lipinski definition) is 2. The minimum absolute atomic E-state index is 0.0144. The molecule has 2 rings (SSSR count). The minimum Gasteiger partial charge on any atom is -0.465 e. The van der Waals surface area contributed by atoms with Crippen molar-refractivity contribution in [3.05, 3.63) is 64.8 Å². The molecule has 1 unspecified atom stereocenters. The van der Waals surface area contributed by atoms with E-state index in [-0.39, 0.29) is 11.6 Å². The summed E-state index contributed by atoms with van der Waals surface area (Å²) in [6.07, 6.45) is 4.25. The van der Waals surface area contributed by atoms with Gasteiger partial charge in [0.25, 0.3) is 0 Å². The maximum atomic E-state index is 13.4. The van der Waals surface area contributed by atoms with Crippen molar-refractivity contribution in [2.45, 2.75) is 6.04 Å². The van der Waals surface area contributed by atoms with Gasteiger partial charge in [-0.05, 0) is 35.9 Å². The molecule has 0 spiro atoms. The molecule has 0 saturated heterocycles. The average Bonchev–Trinajstić information content (AvgIpc) is 2.99. The molecule has 0 aliphatic carbocycles. The van der Waals surface area contributed by atoms with E-state index in [1.165, 1.54) is 30.5 Å². The van der Waals surface area contributed by atoms with Gasteiger partial charge in [-0.15, -0.1) is 0 Å². The lowest BCUT2D eigenvalue weighted by molar-refractivity contribution is -0.117. The van der Waals surface area contributed by atoms with Crippen molar-refractivity contribution in [1.29, 1.82) is 0 Å². The van der Waals surface area contributed by atoms with Gasteiger partial charge >= 0.3 is 0 Å². The lowest BCUT2D eigenvalue weighted by atomic mass is 10.1. The van der Waals surface area contributed by atoms with Crippen LogP contribution in [0.5, 0.6) is 0 Å². The van der Waals surface area contributed by atoms with E-state index in [1.54, 1.807) is 18.2 Å². The first-order chi connectivity index (χ1) is 10.1. The van der Waals surface area contributed by atoms with Crippen LogP contribution < -0.4 is 5.32 Å². The number of benzene rings is 1. The number of rotatable bonds is 5. The Kier molecular flexibility index (Phi) is 5.14. The fourth-order valence-electron chi connectivity index (χ4n) is 1.73. The highest BCUT2D eigenvalue weighted by Crippen LogP contribution is 2.20. The van der Waals surface area contributed by atoms with E-state index in [2.05, 4.69) is 5.32 Å². The van der Waals surface area contributed by atoms with Crippen LogP contribution in [-0.2, 0) is 4.79 Å². The summed E-state index contributed by atoms with van der Waals surface area (Å²) in [5, 5.41) is 11.9. The van der Waals surface area contributed by atoms with E-state index >= 15 is 0 Å². The molecular weight excluding hydrogens is 297 g/mol. The number of aliphatic hydroxyl groups is 1. The van der Waals surface area contributed by atoms with Crippen LogP contribution in [0.15, 0.2) is 47.1 Å². The van der Waals surface area contributed by atoms with Gasteiger partial charge in [0.2, 0.25) is 5.91 Å². The molecule has 2 N–H and O–H groups in total. The molecule has 1 heterocycles. The van der Waals surface area contributed by atoms with Gasteiger partial charge in [-0.1, -0.05) is 17.7 Å². The van der Waals surface area contributed by atoms with E-state index in [1.807, 2.05) is 0 Å². The summed E-state index contributed by atoms with van der Waals surface area (Å²) in [6, 6.07) is 6.78. The lowest BCUT2D eigenvalue weighted by Crippen LogP contribution is -2.29. The first-order valence-electron chi connectivity index (χ1n) is 6.18. The van der Waals surface area contributed by atoms with Gasteiger partial charge < -0.3 is 14.8 Å². The van der Waals surface area contributed by atoms with Crippen LogP contribution >= 0.6 is 11.6 Å². The van der Waals surface area contributed by atoms with Gasteiger partial charge in [0.1, 0.15) is 11.6 Å². The smallest absolute Gasteiger partial charge is 0.244 e. The largest absolute Gasteiger partial charge is 0.465 e. The predicted molar refractivity (Wildman–Crippen MR) is 77.1 cm³/mol. The number of carbonyl (C=O) groups is 1. The molecule has 1 aromatic carbocycles. The van der Waals surface area contributed by atoms with Gasteiger partial charge in [-0.3, -0.25) is 4.79 Å². The molecule has 1 atom stereocenters. The van der Waals surface area contributed by atoms with E-state index < -0.39 is 17.8 Å². The van der Waals surface area contributed by atoms with Crippen molar-refractivity contribution in [1.82, 2.24) is 5.32 Å². The SMILES string of the molecule is O=C(/C=C/c1ccco1)NC(CO)c1ccc(Cl)c(F)c1. The number of carbonyl (C=O) groups excluding carboxylic acids is 1. The monoisotopic (exact) mass is 309 g/mol. The molecule has 6 heteroatoms. The van der Waals surface area contributed by atoms with Crippen LogP contribution in [-0.4, -0.2) is 17.6 Å². The number of hydrogen-bond acceptors (Lipinski definition) is 3. The number of furan rings is 1. The third-order valence-corrected chi connectivity index (χ3v) is 3.09. The van der Waals surface area contributed by atoms with Crippen LogP contribution in [0.1, 0.15) is 17.4 Å². The van der Waals surface area contributed by atoms with Gasteiger partial charge in [0.05, 0.1) is 23.9 Å². The average molecular weight is 310 g/mol. The number of halogens is 2. The van der Waals surface area contributed by atoms with Crippen molar-refractivity contribution in [2.24, 2.45) is 0 Å². The van der Waals surface area contributed by atoms with Gasteiger partial charge in [-0.2, -0.15) is 0 Å². The molecule has 110 valence electrons. The lowest BCUT2D eigenvalue weighted by Gasteiger charge is -2.15. The molecule has 0 bridgehead atoms. The topological polar surface area (TPSA) is 62.5 Å². The molecule has 0 saturated carbocycles. The Morgan fingerprint density at radius 1 is 1.48 bits per heavy atom. The second kappa shape index (κ2) is 7.06. The fraction of sp³-hybridized carbons (Fsp3) is 0.133. The standard InChI is InChI=1S/C15H13ClFNO3/c16-12-5-3-10(8-13(12)17)14(9-19)18-15(20)6-4-11-2-1-7-21-11/h1-8,14,19H,9H2,(H,18,20)/b6-4+. The Morgan fingerprint density at radius 2 is 2.29 bits per heavy atom. The Hall–Kier alpha value is -2.11. The van der Waals surface area contributed by atoms with E-state index in [9.17, 15) is 14.3 Å². The van der Waals surface area contributed by atoms with Crippen molar-refractivity contribution < 1.29 is 18.7 Å². The van der Waals surface area contributed by atoms with Gasteiger partial charge in [0.15, 0.2) is 0 Å². The van der Waals surface area contributed by atoms with Crippen LogP contribution in [0.2, 0.25) is 5.02 Å². The quantitative estimate of drug-likeness (QED) is 0.835. The fourth-order valence-corrected chi connectivity index (χ4v) is 1.84.